The molecule has 2 aromatic rings. The fraction of sp³-hybridized carbons (Fsp3) is 0.0769. The molecule has 0 aliphatic heterocycles. The molecule has 0 radical (unpaired) electrons. The highest BCUT2D eigenvalue weighted by Crippen LogP contribution is 2.28. The molecule has 1 aromatic carbocycles. The van der Waals surface area contributed by atoms with Crippen LogP contribution < -0.4 is 5.32 Å². The molecule has 1 aromatic heterocycles. The Morgan fingerprint density at radius 3 is 2.68 bits per heavy atom. The van der Waals surface area contributed by atoms with Gasteiger partial charge in [0.15, 0.2) is 0 Å². The zero-order valence-electron chi connectivity index (χ0n) is 9.94. The van der Waals surface area contributed by atoms with Crippen molar-refractivity contribution in [2.24, 2.45) is 0 Å². The summed E-state index contributed by atoms with van der Waals surface area (Å²) in [5.41, 5.74) is 0.635. The number of halogens is 1. The highest BCUT2D eigenvalue weighted by molar-refractivity contribution is 14.1. The number of hydrogen-bond donors (Lipinski definition) is 2. The Balaban J connectivity index is 2.26. The molecular weight excluding hydrogens is 377 g/mol. The van der Waals surface area contributed by atoms with E-state index in [2.05, 4.69) is 27.9 Å². The minimum atomic E-state index is -1.04. The molecule has 1 amide bonds. The number of anilines is 1. The number of carbonyl (C=O) groups is 2. The van der Waals surface area contributed by atoms with Gasteiger partial charge in [0.2, 0.25) is 0 Å². The van der Waals surface area contributed by atoms with Crippen molar-refractivity contribution >= 4 is 50.8 Å². The van der Waals surface area contributed by atoms with Gasteiger partial charge in [0.1, 0.15) is 5.00 Å². The summed E-state index contributed by atoms with van der Waals surface area (Å²) < 4.78 is 0.950. The maximum absolute atomic E-state index is 12.0. The Morgan fingerprint density at radius 2 is 2.05 bits per heavy atom. The maximum atomic E-state index is 12.0. The molecule has 2 N–H and O–H groups in total. The van der Waals surface area contributed by atoms with Crippen LogP contribution in [-0.2, 0) is 0 Å². The predicted octanol–water partition coefficient (Wildman–Crippen LogP) is 3.61. The number of aromatic carboxylic acids is 1. The average Bonchev–Trinajstić information content (AvgIpc) is 2.70. The fourth-order valence-corrected chi connectivity index (χ4v) is 3.01. The first-order chi connectivity index (χ1) is 8.97. The number of carbonyl (C=O) groups excluding carboxylic acids is 1. The smallest absolute Gasteiger partial charge is 0.338 e. The molecule has 0 atom stereocenters. The Morgan fingerprint density at radius 1 is 1.32 bits per heavy atom. The van der Waals surface area contributed by atoms with Crippen molar-refractivity contribution in [3.63, 3.8) is 0 Å². The summed E-state index contributed by atoms with van der Waals surface area (Å²) in [4.78, 5) is 24.0. The van der Waals surface area contributed by atoms with Gasteiger partial charge in [0.05, 0.1) is 5.56 Å². The predicted molar refractivity (Wildman–Crippen MR) is 83.1 cm³/mol. The normalized spacial score (nSPS) is 10.2. The summed E-state index contributed by atoms with van der Waals surface area (Å²) in [6, 6.07) is 8.66. The molecule has 0 unspecified atom stereocenters. The Hall–Kier alpha value is -1.41. The molecule has 0 bridgehead atoms. The SMILES string of the molecule is Cc1cc(C(=O)O)c(NC(=O)c2cccc(I)c2)s1. The van der Waals surface area contributed by atoms with Gasteiger partial charge in [-0.25, -0.2) is 4.79 Å². The van der Waals surface area contributed by atoms with E-state index in [0.717, 1.165) is 8.45 Å². The number of carboxylic acid groups (broad SMARTS) is 1. The monoisotopic (exact) mass is 387 g/mol. The molecule has 0 saturated heterocycles. The summed E-state index contributed by atoms with van der Waals surface area (Å²) in [5, 5.41) is 12.1. The maximum Gasteiger partial charge on any atom is 0.338 e. The van der Waals surface area contributed by atoms with E-state index in [0.29, 0.717) is 10.6 Å². The number of thiophene rings is 1. The van der Waals surface area contributed by atoms with E-state index in [1.807, 2.05) is 6.07 Å². The van der Waals surface area contributed by atoms with Crippen molar-refractivity contribution < 1.29 is 14.7 Å². The van der Waals surface area contributed by atoms with E-state index in [-0.39, 0.29) is 11.5 Å². The molecule has 0 fully saturated rings. The summed E-state index contributed by atoms with van der Waals surface area (Å²) in [5.74, 6) is -1.34. The summed E-state index contributed by atoms with van der Waals surface area (Å²) >= 11 is 3.37. The van der Waals surface area contributed by atoms with Gasteiger partial charge < -0.3 is 10.4 Å². The molecule has 4 nitrogen and oxygen atoms in total. The molecule has 0 aliphatic carbocycles. The van der Waals surface area contributed by atoms with Crippen LogP contribution in [0, 0.1) is 10.5 Å². The largest absolute Gasteiger partial charge is 0.478 e. The third kappa shape index (κ3) is 3.32. The van der Waals surface area contributed by atoms with Crippen LogP contribution in [0.2, 0.25) is 0 Å². The minimum Gasteiger partial charge on any atom is -0.478 e. The lowest BCUT2D eigenvalue weighted by molar-refractivity contribution is 0.0698. The number of nitrogens with one attached hydrogen (secondary N) is 1. The molecular formula is C13H10INO3S. The molecule has 0 aliphatic rings. The molecule has 1 heterocycles. The van der Waals surface area contributed by atoms with E-state index >= 15 is 0 Å². The van der Waals surface area contributed by atoms with Crippen molar-refractivity contribution in [3.05, 3.63) is 49.9 Å². The lowest BCUT2D eigenvalue weighted by Gasteiger charge is -2.04. The van der Waals surface area contributed by atoms with Crippen molar-refractivity contribution in [2.45, 2.75) is 6.92 Å². The first-order valence-electron chi connectivity index (χ1n) is 5.38. The van der Waals surface area contributed by atoms with Gasteiger partial charge in [-0.1, -0.05) is 6.07 Å². The zero-order chi connectivity index (χ0) is 14.0. The molecule has 98 valence electrons. The van der Waals surface area contributed by atoms with Crippen molar-refractivity contribution in [1.29, 1.82) is 0 Å². The lowest BCUT2D eigenvalue weighted by Crippen LogP contribution is -2.13. The van der Waals surface area contributed by atoms with Crippen molar-refractivity contribution in [2.75, 3.05) is 5.32 Å². The van der Waals surface area contributed by atoms with Crippen LogP contribution in [0.1, 0.15) is 25.6 Å². The summed E-state index contributed by atoms with van der Waals surface area (Å²) in [7, 11) is 0. The molecule has 19 heavy (non-hydrogen) atoms. The minimum absolute atomic E-state index is 0.126. The van der Waals surface area contributed by atoms with Crippen LogP contribution in [0.25, 0.3) is 0 Å². The van der Waals surface area contributed by atoms with E-state index in [9.17, 15) is 9.59 Å². The summed E-state index contributed by atoms with van der Waals surface area (Å²) in [6.45, 7) is 1.80. The number of amides is 1. The first-order valence-corrected chi connectivity index (χ1v) is 7.27. The van der Waals surface area contributed by atoms with Gasteiger partial charge in [-0.15, -0.1) is 11.3 Å². The third-order valence-electron chi connectivity index (χ3n) is 2.40. The van der Waals surface area contributed by atoms with Gasteiger partial charge in [-0.3, -0.25) is 4.79 Å². The lowest BCUT2D eigenvalue weighted by atomic mass is 10.2. The van der Waals surface area contributed by atoms with E-state index in [1.165, 1.54) is 11.3 Å². The van der Waals surface area contributed by atoms with Crippen LogP contribution in [0.5, 0.6) is 0 Å². The fourth-order valence-electron chi connectivity index (χ4n) is 1.57. The van der Waals surface area contributed by atoms with Crippen molar-refractivity contribution in [3.8, 4) is 0 Å². The summed E-state index contributed by atoms with van der Waals surface area (Å²) in [6.07, 6.45) is 0. The first kappa shape index (κ1) is 14.0. The van der Waals surface area contributed by atoms with Gasteiger partial charge in [0.25, 0.3) is 5.91 Å². The van der Waals surface area contributed by atoms with Crippen molar-refractivity contribution in [1.82, 2.24) is 0 Å². The Labute approximate surface area is 127 Å². The van der Waals surface area contributed by atoms with Gasteiger partial charge in [-0.2, -0.15) is 0 Å². The van der Waals surface area contributed by atoms with Crippen LogP contribution in [0.3, 0.4) is 0 Å². The average molecular weight is 387 g/mol. The highest BCUT2D eigenvalue weighted by atomic mass is 127. The zero-order valence-corrected chi connectivity index (χ0v) is 12.9. The Kier molecular flexibility index (Phi) is 4.20. The molecule has 0 saturated carbocycles. The van der Waals surface area contributed by atoms with Gasteiger partial charge in [-0.05, 0) is 53.8 Å². The second-order valence-electron chi connectivity index (χ2n) is 3.87. The number of carboxylic acids is 1. The number of aryl methyl sites for hydroxylation is 1. The second kappa shape index (κ2) is 5.70. The van der Waals surface area contributed by atoms with Crippen LogP contribution in [-0.4, -0.2) is 17.0 Å². The van der Waals surface area contributed by atoms with Gasteiger partial charge >= 0.3 is 5.97 Å². The van der Waals surface area contributed by atoms with E-state index in [4.69, 9.17) is 5.11 Å². The van der Waals surface area contributed by atoms with E-state index in [1.54, 1.807) is 31.2 Å². The van der Waals surface area contributed by atoms with Crippen LogP contribution >= 0.6 is 33.9 Å². The molecule has 6 heteroatoms. The number of rotatable bonds is 3. The highest BCUT2D eigenvalue weighted by Gasteiger charge is 2.16. The Bertz CT molecular complexity index is 651. The van der Waals surface area contributed by atoms with E-state index < -0.39 is 5.97 Å². The standard InChI is InChI=1S/C13H10INO3S/c1-7-5-10(13(17)18)12(19-7)15-11(16)8-3-2-4-9(14)6-8/h2-6H,1H3,(H,15,16)(H,17,18). The quantitative estimate of drug-likeness (QED) is 0.791. The molecule has 0 spiro atoms. The second-order valence-corrected chi connectivity index (χ2v) is 6.37. The number of hydrogen-bond acceptors (Lipinski definition) is 3. The van der Waals surface area contributed by atoms with Crippen LogP contribution in [0.4, 0.5) is 5.00 Å². The van der Waals surface area contributed by atoms with Crippen LogP contribution in [0.15, 0.2) is 30.3 Å². The number of benzene rings is 1. The third-order valence-corrected chi connectivity index (χ3v) is 4.04. The van der Waals surface area contributed by atoms with Gasteiger partial charge in [0, 0.05) is 14.0 Å². The molecule has 2 rings (SSSR count). The topological polar surface area (TPSA) is 66.4 Å².